The van der Waals surface area contributed by atoms with Crippen LogP contribution in [0.3, 0.4) is 0 Å². The highest BCUT2D eigenvalue weighted by Gasteiger charge is 2.17. The number of rotatable bonds is 13. The molecule has 0 aliphatic carbocycles. The molecule has 1 heteroatoms. The molecule has 1 rings (SSSR count). The Labute approximate surface area is 165 Å². The average Bonchev–Trinajstić information content (AvgIpc) is 2.68. The molecule has 1 aromatic rings. The quantitative estimate of drug-likeness (QED) is 0.342. The maximum Gasteiger partial charge on any atom is 0.0369 e. The van der Waals surface area contributed by atoms with Gasteiger partial charge in [0.25, 0.3) is 0 Å². The predicted octanol–water partition coefficient (Wildman–Crippen LogP) is 8.26. The second-order valence-electron chi connectivity index (χ2n) is 7.58. The predicted molar refractivity (Wildman–Crippen MR) is 121 cm³/mol. The number of hydrogen-bond acceptors (Lipinski definition) is 1. The number of anilines is 1. The Kier molecular flexibility index (Phi) is 15.6. The van der Waals surface area contributed by atoms with Gasteiger partial charge in [-0.15, -0.1) is 0 Å². The summed E-state index contributed by atoms with van der Waals surface area (Å²) in [6.07, 6.45) is 10.7. The summed E-state index contributed by atoms with van der Waals surface area (Å²) in [6.45, 7) is 18.0. The van der Waals surface area contributed by atoms with Crippen LogP contribution >= 0.6 is 0 Å². The van der Waals surface area contributed by atoms with Gasteiger partial charge in [-0.1, -0.05) is 92.2 Å². The van der Waals surface area contributed by atoms with Gasteiger partial charge in [-0.25, -0.2) is 0 Å². The molecule has 0 fully saturated rings. The fourth-order valence-corrected chi connectivity index (χ4v) is 3.57. The van der Waals surface area contributed by atoms with Crippen LogP contribution in [-0.2, 0) is 0 Å². The molecule has 1 aromatic carbocycles. The monoisotopic (exact) mass is 361 g/mol. The summed E-state index contributed by atoms with van der Waals surface area (Å²) in [5, 5.41) is 0. The van der Waals surface area contributed by atoms with Crippen LogP contribution in [0.4, 0.5) is 5.69 Å². The third kappa shape index (κ3) is 10.2. The molecule has 0 aliphatic rings. The molecule has 0 aromatic heterocycles. The number of nitrogens with zero attached hydrogens (tertiary/aromatic N) is 1. The van der Waals surface area contributed by atoms with E-state index in [1.165, 1.54) is 75.7 Å². The van der Waals surface area contributed by atoms with Gasteiger partial charge < -0.3 is 4.90 Å². The highest BCUT2D eigenvalue weighted by atomic mass is 15.1. The molecular weight excluding hydrogens is 314 g/mol. The Bertz CT molecular complexity index is 408. The number of benzene rings is 1. The van der Waals surface area contributed by atoms with Gasteiger partial charge in [0.1, 0.15) is 0 Å². The van der Waals surface area contributed by atoms with E-state index in [1.54, 1.807) is 0 Å². The van der Waals surface area contributed by atoms with Crippen molar-refractivity contribution in [2.45, 2.75) is 99.8 Å². The minimum Gasteiger partial charge on any atom is -0.371 e. The third-order valence-electron chi connectivity index (χ3n) is 5.41. The Morgan fingerprint density at radius 3 is 1.69 bits per heavy atom. The van der Waals surface area contributed by atoms with Gasteiger partial charge in [-0.2, -0.15) is 0 Å². The minimum absolute atomic E-state index is 0.828. The summed E-state index contributed by atoms with van der Waals surface area (Å²) in [4.78, 5) is 2.70. The molecule has 0 heterocycles. The van der Waals surface area contributed by atoms with E-state index in [0.29, 0.717) is 0 Å². The van der Waals surface area contributed by atoms with Crippen molar-refractivity contribution in [1.82, 2.24) is 0 Å². The van der Waals surface area contributed by atoms with Crippen LogP contribution in [0.15, 0.2) is 24.3 Å². The van der Waals surface area contributed by atoms with Crippen LogP contribution in [0.25, 0.3) is 0 Å². The van der Waals surface area contributed by atoms with E-state index in [4.69, 9.17) is 0 Å². The van der Waals surface area contributed by atoms with Crippen LogP contribution in [0.5, 0.6) is 0 Å². The SMILES string of the molecule is CC.CCCCC(CC)CN(CC(CC)CCCC)c1cccc(C)c1. The minimum atomic E-state index is 0.828. The van der Waals surface area contributed by atoms with Crippen molar-refractivity contribution in [1.29, 1.82) is 0 Å². The summed E-state index contributed by atoms with van der Waals surface area (Å²) in [7, 11) is 0. The summed E-state index contributed by atoms with van der Waals surface area (Å²) < 4.78 is 0. The molecule has 2 atom stereocenters. The van der Waals surface area contributed by atoms with Crippen molar-refractivity contribution in [3.8, 4) is 0 Å². The highest BCUT2D eigenvalue weighted by molar-refractivity contribution is 5.48. The molecule has 0 saturated heterocycles. The molecule has 0 aliphatic heterocycles. The van der Waals surface area contributed by atoms with Gasteiger partial charge >= 0.3 is 0 Å². The smallest absolute Gasteiger partial charge is 0.0369 e. The molecule has 0 saturated carbocycles. The molecule has 152 valence electrons. The molecule has 26 heavy (non-hydrogen) atoms. The summed E-state index contributed by atoms with van der Waals surface area (Å²) in [5.74, 6) is 1.66. The first-order chi connectivity index (χ1) is 12.6. The molecule has 0 bridgehead atoms. The van der Waals surface area contributed by atoms with Crippen LogP contribution in [-0.4, -0.2) is 13.1 Å². The highest BCUT2D eigenvalue weighted by Crippen LogP contribution is 2.24. The number of aryl methyl sites for hydroxylation is 1. The zero-order valence-corrected chi connectivity index (χ0v) is 19.0. The van der Waals surface area contributed by atoms with E-state index in [-0.39, 0.29) is 0 Å². The summed E-state index contributed by atoms with van der Waals surface area (Å²) >= 11 is 0. The topological polar surface area (TPSA) is 3.24 Å². The molecular formula is C25H47N. The van der Waals surface area contributed by atoms with Gasteiger partial charge in [-0.05, 0) is 49.3 Å². The number of unbranched alkanes of at least 4 members (excludes halogenated alkanes) is 2. The zero-order valence-electron chi connectivity index (χ0n) is 19.0. The standard InChI is InChI=1S/C23H41N.C2H6/c1-6-10-14-21(8-3)18-24(19-22(9-4)15-11-7-2)23-16-12-13-20(5)17-23;1-2/h12-13,16-17,21-22H,6-11,14-15,18-19H2,1-5H3;1-2H3. The Morgan fingerprint density at radius 1 is 0.808 bits per heavy atom. The molecule has 2 unspecified atom stereocenters. The van der Waals surface area contributed by atoms with Gasteiger partial charge in [0.15, 0.2) is 0 Å². The first kappa shape index (κ1) is 25.0. The van der Waals surface area contributed by atoms with E-state index >= 15 is 0 Å². The second kappa shape index (κ2) is 16.2. The van der Waals surface area contributed by atoms with E-state index in [2.05, 4.69) is 63.8 Å². The largest absolute Gasteiger partial charge is 0.371 e. The lowest BCUT2D eigenvalue weighted by molar-refractivity contribution is 0.403. The third-order valence-corrected chi connectivity index (χ3v) is 5.41. The van der Waals surface area contributed by atoms with Crippen molar-refractivity contribution in [3.05, 3.63) is 29.8 Å². The van der Waals surface area contributed by atoms with Crippen LogP contribution < -0.4 is 4.90 Å². The summed E-state index contributed by atoms with van der Waals surface area (Å²) in [6, 6.07) is 9.12. The fourth-order valence-electron chi connectivity index (χ4n) is 3.57. The van der Waals surface area contributed by atoms with Crippen LogP contribution in [0, 0.1) is 18.8 Å². The maximum atomic E-state index is 2.70. The van der Waals surface area contributed by atoms with E-state index in [9.17, 15) is 0 Å². The zero-order chi connectivity index (χ0) is 19.8. The van der Waals surface area contributed by atoms with Crippen LogP contribution in [0.1, 0.15) is 98.5 Å². The first-order valence-electron chi connectivity index (χ1n) is 11.5. The molecule has 0 spiro atoms. The van der Waals surface area contributed by atoms with Crippen molar-refractivity contribution >= 4 is 5.69 Å². The van der Waals surface area contributed by atoms with Crippen molar-refractivity contribution in [2.24, 2.45) is 11.8 Å². The lowest BCUT2D eigenvalue weighted by Gasteiger charge is -2.32. The van der Waals surface area contributed by atoms with E-state index in [0.717, 1.165) is 11.8 Å². The van der Waals surface area contributed by atoms with Crippen molar-refractivity contribution in [2.75, 3.05) is 18.0 Å². The summed E-state index contributed by atoms with van der Waals surface area (Å²) in [5.41, 5.74) is 2.81. The van der Waals surface area contributed by atoms with Gasteiger partial charge in [-0.3, -0.25) is 0 Å². The lowest BCUT2D eigenvalue weighted by Crippen LogP contribution is -2.34. The molecule has 1 nitrogen and oxygen atoms in total. The fraction of sp³-hybridized carbons (Fsp3) is 0.760. The van der Waals surface area contributed by atoms with Gasteiger partial charge in [0.2, 0.25) is 0 Å². The maximum absolute atomic E-state index is 2.70. The number of hydrogen-bond donors (Lipinski definition) is 0. The average molecular weight is 362 g/mol. The second-order valence-corrected chi connectivity index (χ2v) is 7.58. The Morgan fingerprint density at radius 2 is 1.31 bits per heavy atom. The van der Waals surface area contributed by atoms with Crippen molar-refractivity contribution in [3.63, 3.8) is 0 Å². The van der Waals surface area contributed by atoms with Crippen molar-refractivity contribution < 1.29 is 0 Å². The van der Waals surface area contributed by atoms with Gasteiger partial charge in [0, 0.05) is 18.8 Å². The molecule has 0 amide bonds. The van der Waals surface area contributed by atoms with Gasteiger partial charge in [0.05, 0.1) is 0 Å². The lowest BCUT2D eigenvalue weighted by atomic mass is 9.95. The Balaban J connectivity index is 0.00000301. The normalized spacial score (nSPS) is 12.9. The first-order valence-corrected chi connectivity index (χ1v) is 11.5. The molecule has 0 radical (unpaired) electrons. The van der Waals surface area contributed by atoms with E-state index in [1.807, 2.05) is 13.8 Å². The van der Waals surface area contributed by atoms with E-state index < -0.39 is 0 Å². The molecule has 0 N–H and O–H groups in total. The Hall–Kier alpha value is -0.980. The van der Waals surface area contributed by atoms with Crippen LogP contribution in [0.2, 0.25) is 0 Å².